The van der Waals surface area contributed by atoms with Crippen molar-refractivity contribution in [3.8, 4) is 0 Å². The Bertz CT molecular complexity index is 1110. The van der Waals surface area contributed by atoms with Gasteiger partial charge in [0.25, 0.3) is 0 Å². The van der Waals surface area contributed by atoms with Crippen LogP contribution in [-0.2, 0) is 14.3 Å². The zero-order valence-corrected chi connectivity index (χ0v) is 43.9. The van der Waals surface area contributed by atoms with Gasteiger partial charge in [-0.15, -0.1) is 0 Å². The van der Waals surface area contributed by atoms with Crippen LogP contribution in [0.25, 0.3) is 0 Å². The van der Waals surface area contributed by atoms with Gasteiger partial charge >= 0.3 is 5.97 Å². The Morgan fingerprint density at radius 2 is 0.758 bits per heavy atom. The fraction of sp³-hybridized carbons (Fsp3) is 0.833. The molecule has 0 aromatic carbocycles. The maximum absolute atomic E-state index is 12.5. The number of carbonyl (C=O) groups excluding carboxylic acids is 2. The molecule has 0 spiro atoms. The number of hydrogen-bond donors (Lipinski definition) is 3. The van der Waals surface area contributed by atoms with E-state index in [1.807, 2.05) is 6.08 Å². The van der Waals surface area contributed by atoms with Crippen LogP contribution in [-0.4, -0.2) is 47.4 Å². The minimum Gasteiger partial charge on any atom is -0.465 e. The molecule has 0 radical (unpaired) electrons. The normalized spacial score (nSPS) is 13.0. The van der Waals surface area contributed by atoms with Crippen LogP contribution in [0.1, 0.15) is 296 Å². The lowest BCUT2D eigenvalue weighted by molar-refractivity contribution is -0.143. The second-order valence-electron chi connectivity index (χ2n) is 19.6. The summed E-state index contributed by atoms with van der Waals surface area (Å²) in [6, 6.07) is -0.632. The summed E-state index contributed by atoms with van der Waals surface area (Å²) in [6.07, 6.45) is 70.0. The number of unbranched alkanes of at least 4 members (excludes halogenated alkanes) is 36. The lowest BCUT2D eigenvalue weighted by Crippen LogP contribution is -2.45. The topological polar surface area (TPSA) is 95.9 Å². The summed E-state index contributed by atoms with van der Waals surface area (Å²) in [6.45, 7) is 4.77. The molecule has 0 aliphatic rings. The average molecular weight is 927 g/mol. The molecule has 0 heterocycles. The Hall–Kier alpha value is -2.18. The van der Waals surface area contributed by atoms with E-state index in [9.17, 15) is 19.8 Å². The minimum atomic E-state index is -0.848. The van der Waals surface area contributed by atoms with E-state index in [4.69, 9.17) is 4.74 Å². The zero-order chi connectivity index (χ0) is 47.9. The molecule has 2 atom stereocenters. The Morgan fingerprint density at radius 1 is 0.424 bits per heavy atom. The monoisotopic (exact) mass is 926 g/mol. The SMILES string of the molecule is CCCCC/C=C\CCCCCCCC(=O)OCC/C=C\C/C=C\CCCCCCCCCCCCCCCCC(=O)NC(CO)C(O)/C=C/CCCCCCCCCCCCCCCC. The highest BCUT2D eigenvalue weighted by Gasteiger charge is 2.18. The van der Waals surface area contributed by atoms with Crippen LogP contribution >= 0.6 is 0 Å². The van der Waals surface area contributed by atoms with Crippen molar-refractivity contribution in [3.05, 3.63) is 48.6 Å². The van der Waals surface area contributed by atoms with E-state index in [0.717, 1.165) is 51.4 Å². The first kappa shape index (κ1) is 63.8. The van der Waals surface area contributed by atoms with Crippen LogP contribution in [0.4, 0.5) is 0 Å². The van der Waals surface area contributed by atoms with Gasteiger partial charge in [-0.05, 0) is 77.0 Å². The molecule has 2 unspecified atom stereocenters. The predicted octanol–water partition coefficient (Wildman–Crippen LogP) is 17.8. The molecule has 386 valence electrons. The van der Waals surface area contributed by atoms with Crippen LogP contribution in [0.3, 0.4) is 0 Å². The van der Waals surface area contributed by atoms with E-state index in [0.29, 0.717) is 19.4 Å². The number of carbonyl (C=O) groups is 2. The van der Waals surface area contributed by atoms with Gasteiger partial charge in [-0.2, -0.15) is 0 Å². The van der Waals surface area contributed by atoms with Gasteiger partial charge in [0.1, 0.15) is 0 Å². The number of allylic oxidation sites excluding steroid dienone is 6. The van der Waals surface area contributed by atoms with Crippen molar-refractivity contribution in [3.63, 3.8) is 0 Å². The molecule has 0 rings (SSSR count). The van der Waals surface area contributed by atoms with Crippen molar-refractivity contribution in [1.29, 1.82) is 0 Å². The predicted molar refractivity (Wildman–Crippen MR) is 287 cm³/mol. The first-order valence-electron chi connectivity index (χ1n) is 28.9. The molecule has 0 aromatic rings. The van der Waals surface area contributed by atoms with Crippen molar-refractivity contribution in [1.82, 2.24) is 5.32 Å². The van der Waals surface area contributed by atoms with E-state index in [2.05, 4.69) is 55.6 Å². The lowest BCUT2D eigenvalue weighted by atomic mass is 10.0. The highest BCUT2D eigenvalue weighted by atomic mass is 16.5. The van der Waals surface area contributed by atoms with Crippen molar-refractivity contribution in [2.24, 2.45) is 0 Å². The van der Waals surface area contributed by atoms with Crippen LogP contribution in [0.2, 0.25) is 0 Å². The average Bonchev–Trinajstić information content (AvgIpc) is 3.32. The summed E-state index contributed by atoms with van der Waals surface area (Å²) < 4.78 is 5.39. The first-order valence-corrected chi connectivity index (χ1v) is 28.9. The summed E-state index contributed by atoms with van der Waals surface area (Å²) in [5.41, 5.74) is 0. The van der Waals surface area contributed by atoms with Gasteiger partial charge in [-0.25, -0.2) is 0 Å². The fourth-order valence-corrected chi connectivity index (χ4v) is 8.64. The van der Waals surface area contributed by atoms with E-state index >= 15 is 0 Å². The third kappa shape index (κ3) is 51.2. The highest BCUT2D eigenvalue weighted by molar-refractivity contribution is 5.76. The molecular weight excluding hydrogens is 815 g/mol. The largest absolute Gasteiger partial charge is 0.465 e. The number of ether oxygens (including phenoxy) is 1. The van der Waals surface area contributed by atoms with Crippen LogP contribution in [0.15, 0.2) is 48.6 Å². The number of rotatable bonds is 53. The summed E-state index contributed by atoms with van der Waals surface area (Å²) in [7, 11) is 0. The zero-order valence-electron chi connectivity index (χ0n) is 43.9. The number of hydrogen-bond acceptors (Lipinski definition) is 5. The minimum absolute atomic E-state index is 0.0465. The van der Waals surface area contributed by atoms with Gasteiger partial charge in [0.15, 0.2) is 0 Å². The number of aliphatic hydroxyl groups is 2. The molecule has 0 fully saturated rings. The molecule has 0 aliphatic heterocycles. The molecule has 6 heteroatoms. The number of aliphatic hydroxyl groups excluding tert-OH is 2. The van der Waals surface area contributed by atoms with Gasteiger partial charge in [-0.3, -0.25) is 9.59 Å². The summed E-state index contributed by atoms with van der Waals surface area (Å²) in [5, 5.41) is 23.1. The third-order valence-electron chi connectivity index (χ3n) is 13.1. The lowest BCUT2D eigenvalue weighted by Gasteiger charge is -2.20. The molecule has 0 saturated heterocycles. The summed E-state index contributed by atoms with van der Waals surface area (Å²) >= 11 is 0. The van der Waals surface area contributed by atoms with E-state index in [1.54, 1.807) is 6.08 Å². The maximum atomic E-state index is 12.5. The number of amides is 1. The third-order valence-corrected chi connectivity index (χ3v) is 13.1. The van der Waals surface area contributed by atoms with Gasteiger partial charge < -0.3 is 20.3 Å². The van der Waals surface area contributed by atoms with Crippen LogP contribution in [0, 0.1) is 0 Å². The molecular formula is C60H111NO5. The van der Waals surface area contributed by atoms with Crippen molar-refractivity contribution in [2.75, 3.05) is 13.2 Å². The smallest absolute Gasteiger partial charge is 0.305 e. The summed E-state index contributed by atoms with van der Waals surface area (Å²) in [5.74, 6) is -0.119. The molecule has 3 N–H and O–H groups in total. The Balaban J connectivity index is 3.50. The molecule has 0 saturated carbocycles. The highest BCUT2D eigenvalue weighted by Crippen LogP contribution is 2.16. The molecule has 0 aliphatic carbocycles. The Labute approximate surface area is 410 Å². The summed E-state index contributed by atoms with van der Waals surface area (Å²) in [4.78, 5) is 24.4. The standard InChI is InChI=1S/C60H111NO5/c1-3-5-7-9-11-13-15-17-18-26-29-32-36-40-44-48-52-58(63)57(56-62)61-59(64)53-49-45-41-37-33-30-27-24-22-20-19-21-23-25-28-31-35-39-43-47-51-55-66-60(65)54-50-46-42-38-34-16-14-12-10-8-6-4-2/h12,14,31,35,43,47-48,52,57-58,62-63H,3-11,13,15-30,32-34,36-42,44-46,49-51,53-56H2,1-2H3,(H,61,64)/b14-12-,35-31-,47-43-,52-48+. The van der Waals surface area contributed by atoms with Crippen molar-refractivity contribution < 1.29 is 24.5 Å². The van der Waals surface area contributed by atoms with Crippen molar-refractivity contribution >= 4 is 11.9 Å². The second-order valence-corrected chi connectivity index (χ2v) is 19.6. The number of esters is 1. The van der Waals surface area contributed by atoms with Gasteiger partial charge in [0.05, 0.1) is 25.4 Å². The van der Waals surface area contributed by atoms with E-state index in [-0.39, 0.29) is 18.5 Å². The number of nitrogens with one attached hydrogen (secondary N) is 1. The van der Waals surface area contributed by atoms with Crippen LogP contribution < -0.4 is 5.32 Å². The van der Waals surface area contributed by atoms with Gasteiger partial charge in [0, 0.05) is 12.8 Å². The van der Waals surface area contributed by atoms with E-state index in [1.165, 1.54) is 218 Å². The van der Waals surface area contributed by atoms with E-state index < -0.39 is 12.1 Å². The Kier molecular flexibility index (Phi) is 53.6. The molecule has 6 nitrogen and oxygen atoms in total. The maximum Gasteiger partial charge on any atom is 0.305 e. The molecule has 1 amide bonds. The Morgan fingerprint density at radius 3 is 1.20 bits per heavy atom. The molecule has 0 bridgehead atoms. The quantitative estimate of drug-likeness (QED) is 0.0321. The fourth-order valence-electron chi connectivity index (χ4n) is 8.64. The van der Waals surface area contributed by atoms with Crippen molar-refractivity contribution in [2.45, 2.75) is 309 Å². The van der Waals surface area contributed by atoms with Gasteiger partial charge in [-0.1, -0.05) is 255 Å². The first-order chi connectivity index (χ1) is 32.5. The van der Waals surface area contributed by atoms with Gasteiger partial charge in [0.2, 0.25) is 5.91 Å². The molecule has 0 aromatic heterocycles. The van der Waals surface area contributed by atoms with Crippen LogP contribution in [0.5, 0.6) is 0 Å². The second kappa shape index (κ2) is 55.4. The molecule has 66 heavy (non-hydrogen) atoms.